The van der Waals surface area contributed by atoms with E-state index in [0.717, 1.165) is 18.4 Å². The largest absolute Gasteiger partial charge is 0.497 e. The van der Waals surface area contributed by atoms with Gasteiger partial charge in [0.1, 0.15) is 11.8 Å². The Hall–Kier alpha value is -2.02. The summed E-state index contributed by atoms with van der Waals surface area (Å²) in [6.45, 7) is 2.04. The van der Waals surface area contributed by atoms with Gasteiger partial charge < -0.3 is 9.64 Å². The molecular weight excluding hydrogens is 240 g/mol. The molecule has 0 aromatic heterocycles. The minimum atomic E-state index is -0.570. The number of methoxy groups -OCH3 is 1. The Bertz CT molecular complexity index is 465. The fourth-order valence-electron chi connectivity index (χ4n) is 1.84. The Kier molecular flexibility index (Phi) is 5.87. The average molecular weight is 260 g/mol. The van der Waals surface area contributed by atoms with Crippen molar-refractivity contribution in [3.63, 3.8) is 0 Å². The highest BCUT2D eigenvalue weighted by Gasteiger charge is 2.21. The molecule has 1 unspecified atom stereocenters. The topological polar surface area (TPSA) is 53.3 Å². The van der Waals surface area contributed by atoms with E-state index < -0.39 is 6.04 Å². The minimum absolute atomic E-state index is 0.00350. The van der Waals surface area contributed by atoms with E-state index in [-0.39, 0.29) is 5.91 Å². The van der Waals surface area contributed by atoms with Crippen molar-refractivity contribution in [2.45, 2.75) is 32.2 Å². The SMILES string of the molecule is CCCCC(=O)N(C)C(C#N)c1cccc(OC)c1. The van der Waals surface area contributed by atoms with Crippen LogP contribution in [0.25, 0.3) is 0 Å². The molecule has 0 aliphatic carbocycles. The Balaban J connectivity index is 2.87. The number of hydrogen-bond donors (Lipinski definition) is 0. The summed E-state index contributed by atoms with van der Waals surface area (Å²) in [7, 11) is 3.25. The van der Waals surface area contributed by atoms with Crippen LogP contribution in [0.1, 0.15) is 37.8 Å². The quantitative estimate of drug-likeness (QED) is 0.790. The predicted molar refractivity (Wildman–Crippen MR) is 73.6 cm³/mol. The molecule has 0 bridgehead atoms. The number of rotatable bonds is 6. The van der Waals surface area contributed by atoms with E-state index in [4.69, 9.17) is 4.74 Å². The van der Waals surface area contributed by atoms with Crippen LogP contribution in [0.3, 0.4) is 0 Å². The summed E-state index contributed by atoms with van der Waals surface area (Å²) in [5, 5.41) is 9.30. The first-order valence-corrected chi connectivity index (χ1v) is 6.43. The number of carbonyl (C=O) groups is 1. The summed E-state index contributed by atoms with van der Waals surface area (Å²) in [5.74, 6) is 0.684. The molecule has 0 saturated carbocycles. The first-order chi connectivity index (χ1) is 9.13. The van der Waals surface area contributed by atoms with Gasteiger partial charge in [-0.2, -0.15) is 5.26 Å². The molecule has 0 aliphatic heterocycles. The van der Waals surface area contributed by atoms with Crippen LogP contribution in [0.4, 0.5) is 0 Å². The Morgan fingerprint density at radius 2 is 2.26 bits per heavy atom. The fourth-order valence-corrected chi connectivity index (χ4v) is 1.84. The van der Waals surface area contributed by atoms with Crippen molar-refractivity contribution in [1.29, 1.82) is 5.26 Å². The summed E-state index contributed by atoms with van der Waals surface area (Å²) >= 11 is 0. The molecule has 4 nitrogen and oxygen atoms in total. The van der Waals surface area contributed by atoms with Crippen LogP contribution in [0, 0.1) is 11.3 Å². The number of nitriles is 1. The third-order valence-electron chi connectivity index (χ3n) is 3.06. The van der Waals surface area contributed by atoms with Crippen LogP contribution in [-0.4, -0.2) is 25.0 Å². The number of amides is 1. The highest BCUT2D eigenvalue weighted by molar-refractivity contribution is 5.76. The number of hydrogen-bond acceptors (Lipinski definition) is 3. The van der Waals surface area contributed by atoms with Crippen molar-refractivity contribution < 1.29 is 9.53 Å². The third kappa shape index (κ3) is 3.99. The van der Waals surface area contributed by atoms with Gasteiger partial charge in [-0.3, -0.25) is 4.79 Å². The monoisotopic (exact) mass is 260 g/mol. The molecule has 0 aliphatic rings. The number of ether oxygens (including phenoxy) is 1. The molecule has 1 aromatic carbocycles. The summed E-state index contributed by atoms with van der Waals surface area (Å²) in [6.07, 6.45) is 2.30. The van der Waals surface area contributed by atoms with Crippen LogP contribution in [-0.2, 0) is 4.79 Å². The summed E-state index contributed by atoms with van der Waals surface area (Å²) in [5.41, 5.74) is 0.772. The molecular formula is C15H20N2O2. The van der Waals surface area contributed by atoms with E-state index in [1.54, 1.807) is 20.2 Å². The Labute approximate surface area is 114 Å². The normalized spacial score (nSPS) is 11.5. The van der Waals surface area contributed by atoms with Gasteiger partial charge in [-0.15, -0.1) is 0 Å². The molecule has 0 N–H and O–H groups in total. The van der Waals surface area contributed by atoms with Crippen molar-refractivity contribution in [3.8, 4) is 11.8 Å². The molecule has 0 radical (unpaired) electrons. The number of unbranched alkanes of at least 4 members (excludes halogenated alkanes) is 1. The Morgan fingerprint density at radius 1 is 1.53 bits per heavy atom. The third-order valence-corrected chi connectivity index (χ3v) is 3.06. The molecule has 1 aromatic rings. The molecule has 0 fully saturated rings. The lowest BCUT2D eigenvalue weighted by Gasteiger charge is -2.23. The molecule has 0 spiro atoms. The maximum absolute atomic E-state index is 12.0. The molecule has 0 heterocycles. The second-order valence-electron chi connectivity index (χ2n) is 4.42. The second-order valence-corrected chi connectivity index (χ2v) is 4.42. The van der Waals surface area contributed by atoms with Crippen molar-refractivity contribution >= 4 is 5.91 Å². The number of benzene rings is 1. The van der Waals surface area contributed by atoms with Gasteiger partial charge in [0.05, 0.1) is 13.2 Å². The summed E-state index contributed by atoms with van der Waals surface area (Å²) in [4.78, 5) is 13.5. The zero-order chi connectivity index (χ0) is 14.3. The van der Waals surface area contributed by atoms with E-state index in [0.29, 0.717) is 12.2 Å². The first-order valence-electron chi connectivity index (χ1n) is 6.43. The van der Waals surface area contributed by atoms with Crippen molar-refractivity contribution in [2.24, 2.45) is 0 Å². The van der Waals surface area contributed by atoms with Gasteiger partial charge in [0.15, 0.2) is 0 Å². The average Bonchev–Trinajstić information content (AvgIpc) is 2.45. The predicted octanol–water partition coefficient (Wildman–Crippen LogP) is 2.91. The van der Waals surface area contributed by atoms with Gasteiger partial charge in [0.25, 0.3) is 0 Å². The van der Waals surface area contributed by atoms with Crippen molar-refractivity contribution in [1.82, 2.24) is 4.90 Å². The number of carbonyl (C=O) groups excluding carboxylic acids is 1. The fraction of sp³-hybridized carbons (Fsp3) is 0.467. The number of nitrogens with zero attached hydrogens (tertiary/aromatic N) is 2. The van der Waals surface area contributed by atoms with E-state index in [1.807, 2.05) is 25.1 Å². The van der Waals surface area contributed by atoms with Crippen LogP contribution >= 0.6 is 0 Å². The highest BCUT2D eigenvalue weighted by atomic mass is 16.5. The van der Waals surface area contributed by atoms with Gasteiger partial charge in [0.2, 0.25) is 5.91 Å². The molecule has 1 atom stereocenters. The van der Waals surface area contributed by atoms with E-state index in [2.05, 4.69) is 6.07 Å². The molecule has 0 saturated heterocycles. The van der Waals surface area contributed by atoms with Gasteiger partial charge in [0, 0.05) is 13.5 Å². The maximum Gasteiger partial charge on any atom is 0.223 e. The van der Waals surface area contributed by atoms with Crippen LogP contribution in [0.2, 0.25) is 0 Å². The van der Waals surface area contributed by atoms with E-state index in [1.165, 1.54) is 4.90 Å². The smallest absolute Gasteiger partial charge is 0.223 e. The van der Waals surface area contributed by atoms with E-state index >= 15 is 0 Å². The van der Waals surface area contributed by atoms with Crippen LogP contribution in [0.15, 0.2) is 24.3 Å². The molecule has 19 heavy (non-hydrogen) atoms. The lowest BCUT2D eigenvalue weighted by molar-refractivity contribution is -0.131. The van der Waals surface area contributed by atoms with Crippen molar-refractivity contribution in [2.75, 3.05) is 14.2 Å². The summed E-state index contributed by atoms with van der Waals surface area (Å²) < 4.78 is 5.14. The lowest BCUT2D eigenvalue weighted by Crippen LogP contribution is -2.30. The van der Waals surface area contributed by atoms with Gasteiger partial charge in [-0.05, 0) is 24.1 Å². The second kappa shape index (κ2) is 7.42. The molecule has 1 rings (SSSR count). The lowest BCUT2D eigenvalue weighted by atomic mass is 10.1. The summed E-state index contributed by atoms with van der Waals surface area (Å²) in [6, 6.07) is 8.87. The standard InChI is InChI=1S/C15H20N2O2/c1-4-5-9-15(18)17(2)14(11-16)12-7-6-8-13(10-12)19-3/h6-8,10,14H,4-5,9H2,1-3H3. The van der Waals surface area contributed by atoms with Gasteiger partial charge >= 0.3 is 0 Å². The zero-order valence-electron chi connectivity index (χ0n) is 11.7. The Morgan fingerprint density at radius 3 is 2.84 bits per heavy atom. The van der Waals surface area contributed by atoms with Gasteiger partial charge in [-0.25, -0.2) is 0 Å². The molecule has 4 heteroatoms. The maximum atomic E-state index is 12.0. The van der Waals surface area contributed by atoms with Crippen LogP contribution in [0.5, 0.6) is 5.75 Å². The molecule has 1 amide bonds. The van der Waals surface area contributed by atoms with Crippen molar-refractivity contribution in [3.05, 3.63) is 29.8 Å². The van der Waals surface area contributed by atoms with Crippen LogP contribution < -0.4 is 4.74 Å². The van der Waals surface area contributed by atoms with Gasteiger partial charge in [-0.1, -0.05) is 25.5 Å². The highest BCUT2D eigenvalue weighted by Crippen LogP contribution is 2.23. The molecule has 102 valence electrons. The first kappa shape index (κ1) is 15.0. The van der Waals surface area contributed by atoms with E-state index in [9.17, 15) is 10.1 Å². The minimum Gasteiger partial charge on any atom is -0.497 e. The zero-order valence-corrected chi connectivity index (χ0v) is 11.7.